The van der Waals surface area contributed by atoms with Gasteiger partial charge in [-0.05, 0) is 42.5 Å². The first-order chi connectivity index (χ1) is 17.7. The first-order valence-corrected chi connectivity index (χ1v) is 12.5. The predicted molar refractivity (Wildman–Crippen MR) is 138 cm³/mol. The Kier molecular flexibility index (Phi) is 5.95. The molecule has 0 atom stereocenters. The monoisotopic (exact) mass is 480 g/mol. The zero-order valence-corrected chi connectivity index (χ0v) is 20.0. The first-order valence-electron chi connectivity index (χ1n) is 12.5. The van der Waals surface area contributed by atoms with E-state index in [9.17, 15) is 9.59 Å². The fourth-order valence-electron chi connectivity index (χ4n) is 5.13. The second kappa shape index (κ2) is 9.54. The number of benzene rings is 2. The van der Waals surface area contributed by atoms with E-state index < -0.39 is 0 Å². The van der Waals surface area contributed by atoms with Crippen LogP contribution in [0.25, 0.3) is 22.0 Å². The number of likely N-dealkylation sites (tertiary alicyclic amines) is 1. The lowest BCUT2D eigenvalue weighted by Gasteiger charge is -2.31. The molecule has 2 amide bonds. The van der Waals surface area contributed by atoms with Crippen LogP contribution < -0.4 is 10.6 Å². The van der Waals surface area contributed by atoms with Gasteiger partial charge in [0, 0.05) is 54.8 Å². The molecule has 0 aliphatic carbocycles. The minimum atomic E-state index is -0.138. The Morgan fingerprint density at radius 2 is 1.75 bits per heavy atom. The van der Waals surface area contributed by atoms with E-state index >= 15 is 0 Å². The second-order valence-corrected chi connectivity index (χ2v) is 9.44. The molecular weight excluding hydrogens is 452 g/mol. The van der Waals surface area contributed by atoms with E-state index in [4.69, 9.17) is 0 Å². The number of nitrogens with zero attached hydrogens (tertiary/aromatic N) is 4. The molecule has 1 fully saturated rings. The molecule has 36 heavy (non-hydrogen) atoms. The number of amides is 2. The van der Waals surface area contributed by atoms with Crippen molar-refractivity contribution in [1.29, 1.82) is 0 Å². The van der Waals surface area contributed by atoms with E-state index in [2.05, 4.69) is 43.4 Å². The Bertz CT molecular complexity index is 1420. The maximum Gasteiger partial charge on any atom is 0.253 e. The highest BCUT2D eigenvalue weighted by Crippen LogP contribution is 2.28. The van der Waals surface area contributed by atoms with Gasteiger partial charge in [-0.1, -0.05) is 30.3 Å². The number of nitrogens with one attached hydrogen (secondary N) is 2. The third kappa shape index (κ3) is 4.35. The van der Waals surface area contributed by atoms with Crippen LogP contribution in [0.2, 0.25) is 0 Å². The first kappa shape index (κ1) is 22.4. The number of imidazole rings is 1. The number of fused-ring (bicyclic) bond motifs is 2. The molecule has 2 N–H and O–H groups in total. The van der Waals surface area contributed by atoms with Gasteiger partial charge in [-0.3, -0.25) is 9.59 Å². The number of hydrogen-bond donors (Lipinski definition) is 2. The number of anilines is 1. The van der Waals surface area contributed by atoms with Gasteiger partial charge in [0.05, 0.1) is 18.4 Å². The Hall–Kier alpha value is -4.04. The number of aromatic nitrogens is 3. The summed E-state index contributed by atoms with van der Waals surface area (Å²) >= 11 is 0. The van der Waals surface area contributed by atoms with Crippen molar-refractivity contribution in [1.82, 2.24) is 24.8 Å². The summed E-state index contributed by atoms with van der Waals surface area (Å²) in [6, 6.07) is 17.5. The van der Waals surface area contributed by atoms with Gasteiger partial charge in [0.2, 0.25) is 5.91 Å². The summed E-state index contributed by atoms with van der Waals surface area (Å²) in [6.45, 7) is 3.77. The van der Waals surface area contributed by atoms with Crippen molar-refractivity contribution in [3.8, 4) is 11.3 Å². The summed E-state index contributed by atoms with van der Waals surface area (Å²) in [5.74, 6) is 1.45. The molecule has 2 aromatic carbocycles. The Balaban J connectivity index is 1.13. The Labute approximate surface area is 209 Å². The molecule has 1 saturated heterocycles. The number of rotatable bonds is 4. The van der Waals surface area contributed by atoms with Gasteiger partial charge < -0.3 is 20.1 Å². The molecule has 8 nitrogen and oxygen atoms in total. The second-order valence-electron chi connectivity index (χ2n) is 9.44. The standard InChI is InChI=1S/C28H28N6O2/c35-27(19-8-11-33(12-9-19)28(36)20-4-2-1-3-5-20)32-25-15-23-14-21(6-7-22(23)16-30-25)24-17-31-26-18-29-10-13-34(24)26/h1-7,14-17,19,29H,8-13,18H2,(H,30,32,35). The molecule has 0 radical (unpaired) electrons. The fourth-order valence-corrected chi connectivity index (χ4v) is 5.13. The highest BCUT2D eigenvalue weighted by molar-refractivity contribution is 5.96. The molecular formula is C28H28N6O2. The molecule has 8 heteroatoms. The maximum absolute atomic E-state index is 13.0. The van der Waals surface area contributed by atoms with Gasteiger partial charge in [-0.25, -0.2) is 9.97 Å². The molecule has 2 aliphatic heterocycles. The number of piperidine rings is 1. The molecule has 2 aromatic heterocycles. The summed E-state index contributed by atoms with van der Waals surface area (Å²) in [5.41, 5.74) is 2.89. The average molecular weight is 481 g/mol. The molecule has 0 saturated carbocycles. The van der Waals surface area contributed by atoms with E-state index in [0.29, 0.717) is 37.3 Å². The molecule has 6 rings (SSSR count). The summed E-state index contributed by atoms with van der Waals surface area (Å²) < 4.78 is 2.26. The zero-order chi connectivity index (χ0) is 24.5. The van der Waals surface area contributed by atoms with E-state index in [-0.39, 0.29) is 17.7 Å². The van der Waals surface area contributed by atoms with Crippen LogP contribution >= 0.6 is 0 Å². The third-order valence-corrected chi connectivity index (χ3v) is 7.18. The minimum Gasteiger partial charge on any atom is -0.339 e. The maximum atomic E-state index is 13.0. The third-order valence-electron chi connectivity index (χ3n) is 7.18. The lowest BCUT2D eigenvalue weighted by molar-refractivity contribution is -0.121. The Morgan fingerprint density at radius 3 is 2.58 bits per heavy atom. The minimum absolute atomic E-state index is 0.0252. The van der Waals surface area contributed by atoms with Crippen molar-refractivity contribution in [3.63, 3.8) is 0 Å². The van der Waals surface area contributed by atoms with Crippen LogP contribution in [0.15, 0.2) is 67.0 Å². The van der Waals surface area contributed by atoms with Crippen molar-refractivity contribution in [2.45, 2.75) is 25.9 Å². The Morgan fingerprint density at radius 1 is 0.917 bits per heavy atom. The van der Waals surface area contributed by atoms with Crippen LogP contribution in [0.3, 0.4) is 0 Å². The van der Waals surface area contributed by atoms with Crippen molar-refractivity contribution in [2.24, 2.45) is 5.92 Å². The summed E-state index contributed by atoms with van der Waals surface area (Å²) in [4.78, 5) is 36.5. The van der Waals surface area contributed by atoms with Gasteiger partial charge in [0.15, 0.2) is 0 Å². The normalized spacial score (nSPS) is 16.1. The molecule has 182 valence electrons. The van der Waals surface area contributed by atoms with Gasteiger partial charge in [-0.2, -0.15) is 0 Å². The van der Waals surface area contributed by atoms with E-state index in [1.807, 2.05) is 47.5 Å². The topological polar surface area (TPSA) is 92.2 Å². The van der Waals surface area contributed by atoms with Crippen molar-refractivity contribution >= 4 is 28.4 Å². The molecule has 0 bridgehead atoms. The molecule has 4 heterocycles. The molecule has 0 spiro atoms. The van der Waals surface area contributed by atoms with E-state index in [1.165, 1.54) is 0 Å². The van der Waals surface area contributed by atoms with Gasteiger partial charge in [-0.15, -0.1) is 0 Å². The lowest BCUT2D eigenvalue weighted by Crippen LogP contribution is -2.41. The molecule has 0 unspecified atom stereocenters. The van der Waals surface area contributed by atoms with Crippen LogP contribution in [0.4, 0.5) is 5.82 Å². The molecule has 4 aromatic rings. The van der Waals surface area contributed by atoms with Crippen LogP contribution in [0.1, 0.15) is 29.0 Å². The van der Waals surface area contributed by atoms with E-state index in [1.54, 1.807) is 6.20 Å². The fraction of sp³-hybridized carbons (Fsp3) is 0.286. The summed E-state index contributed by atoms with van der Waals surface area (Å²) in [6.07, 6.45) is 5.01. The van der Waals surface area contributed by atoms with Crippen LogP contribution in [-0.2, 0) is 17.9 Å². The largest absolute Gasteiger partial charge is 0.339 e. The van der Waals surface area contributed by atoms with Crippen molar-refractivity contribution in [3.05, 3.63) is 78.4 Å². The highest BCUT2D eigenvalue weighted by Gasteiger charge is 2.28. The summed E-state index contributed by atoms with van der Waals surface area (Å²) in [5, 5.41) is 8.39. The van der Waals surface area contributed by atoms with E-state index in [0.717, 1.165) is 47.5 Å². The number of carbonyl (C=O) groups excluding carboxylic acids is 2. The predicted octanol–water partition coefficient (Wildman–Crippen LogP) is 3.69. The SMILES string of the molecule is O=C(Nc1cc2cc(-c3cnc4n3CCNC4)ccc2cn1)C1CCN(C(=O)c2ccccc2)CC1. The number of carbonyl (C=O) groups is 2. The van der Waals surface area contributed by atoms with Gasteiger partial charge in [0.25, 0.3) is 5.91 Å². The quantitative estimate of drug-likeness (QED) is 0.465. The number of hydrogen-bond acceptors (Lipinski definition) is 5. The number of pyridine rings is 1. The van der Waals surface area contributed by atoms with Gasteiger partial charge >= 0.3 is 0 Å². The smallest absolute Gasteiger partial charge is 0.253 e. The molecule has 2 aliphatic rings. The summed E-state index contributed by atoms with van der Waals surface area (Å²) in [7, 11) is 0. The average Bonchev–Trinajstić information content (AvgIpc) is 3.37. The highest BCUT2D eigenvalue weighted by atomic mass is 16.2. The van der Waals surface area contributed by atoms with Gasteiger partial charge in [0.1, 0.15) is 11.6 Å². The van der Waals surface area contributed by atoms with Crippen LogP contribution in [0, 0.1) is 5.92 Å². The van der Waals surface area contributed by atoms with Crippen LogP contribution in [-0.4, -0.2) is 50.9 Å². The lowest BCUT2D eigenvalue weighted by atomic mass is 9.95. The zero-order valence-electron chi connectivity index (χ0n) is 20.0. The van der Waals surface area contributed by atoms with Crippen molar-refractivity contribution < 1.29 is 9.59 Å². The van der Waals surface area contributed by atoms with Crippen LogP contribution in [0.5, 0.6) is 0 Å². The van der Waals surface area contributed by atoms with Crippen molar-refractivity contribution in [2.75, 3.05) is 25.0 Å².